The summed E-state index contributed by atoms with van der Waals surface area (Å²) in [4.78, 5) is 4.38. The summed E-state index contributed by atoms with van der Waals surface area (Å²) in [7, 11) is 0. The lowest BCUT2D eigenvalue weighted by Crippen LogP contribution is -2.19. The molecule has 0 atom stereocenters. The summed E-state index contributed by atoms with van der Waals surface area (Å²) in [6.45, 7) is 6.53. The van der Waals surface area contributed by atoms with Crippen molar-refractivity contribution in [1.82, 2.24) is 14.6 Å². The Morgan fingerprint density at radius 2 is 1.95 bits per heavy atom. The van der Waals surface area contributed by atoms with Crippen LogP contribution in [0.25, 0.3) is 5.52 Å². The molecule has 108 valence electrons. The number of hydrogen-bond acceptors (Lipinski definition) is 3. The molecule has 1 fully saturated rings. The maximum Gasteiger partial charge on any atom is 0.243 e. The molecule has 0 unspecified atom stereocenters. The lowest BCUT2D eigenvalue weighted by Gasteiger charge is -2.19. The summed E-state index contributed by atoms with van der Waals surface area (Å²) >= 11 is 6.11. The second kappa shape index (κ2) is 4.92. The molecule has 1 saturated carbocycles. The average Bonchev–Trinajstić information content (AvgIpc) is 2.95. The zero-order valence-electron chi connectivity index (χ0n) is 12.3. The summed E-state index contributed by atoms with van der Waals surface area (Å²) in [5, 5.41) is 8.19. The Morgan fingerprint density at radius 3 is 2.60 bits per heavy atom. The van der Waals surface area contributed by atoms with Gasteiger partial charge in [0, 0.05) is 17.2 Å². The van der Waals surface area contributed by atoms with Crippen molar-refractivity contribution in [3.63, 3.8) is 0 Å². The van der Waals surface area contributed by atoms with E-state index in [0.717, 1.165) is 17.0 Å². The number of nitrogens with zero attached hydrogens (tertiary/aromatic N) is 3. The second-order valence-electron chi connectivity index (χ2n) is 6.62. The predicted octanol–water partition coefficient (Wildman–Crippen LogP) is 4.03. The van der Waals surface area contributed by atoms with Crippen LogP contribution in [0.2, 0.25) is 5.28 Å². The molecule has 2 heterocycles. The molecule has 3 rings (SSSR count). The zero-order valence-corrected chi connectivity index (χ0v) is 13.0. The molecular formula is C15H21ClN4. The minimum Gasteiger partial charge on any atom is -0.365 e. The van der Waals surface area contributed by atoms with Crippen LogP contribution in [-0.2, 0) is 5.41 Å². The largest absolute Gasteiger partial charge is 0.365 e. The molecule has 0 aromatic carbocycles. The van der Waals surface area contributed by atoms with Crippen LogP contribution >= 0.6 is 11.6 Å². The number of fused-ring (bicyclic) bond motifs is 1. The minimum atomic E-state index is 0.0225. The van der Waals surface area contributed by atoms with E-state index in [1.807, 2.05) is 4.52 Å². The van der Waals surface area contributed by atoms with Crippen molar-refractivity contribution in [2.75, 3.05) is 5.32 Å². The Bertz CT molecular complexity index is 621. The van der Waals surface area contributed by atoms with E-state index in [4.69, 9.17) is 11.6 Å². The molecule has 0 spiro atoms. The molecule has 20 heavy (non-hydrogen) atoms. The highest BCUT2D eigenvalue weighted by Crippen LogP contribution is 2.29. The number of nitrogens with one attached hydrogen (secondary N) is 1. The van der Waals surface area contributed by atoms with Crippen LogP contribution in [0.5, 0.6) is 0 Å². The first-order valence-electron chi connectivity index (χ1n) is 7.27. The average molecular weight is 293 g/mol. The van der Waals surface area contributed by atoms with Crippen molar-refractivity contribution in [3.05, 3.63) is 23.1 Å². The van der Waals surface area contributed by atoms with Gasteiger partial charge in [-0.15, -0.1) is 5.10 Å². The van der Waals surface area contributed by atoms with Gasteiger partial charge < -0.3 is 5.32 Å². The standard InChI is InChI=1S/C15H21ClN4/c1-15(2,3)12-9-8-11-13(17-10-6-4-5-7-10)18-14(16)19-20(11)12/h8-10H,4-7H2,1-3H3,(H,17,18,19). The van der Waals surface area contributed by atoms with Gasteiger partial charge in [0.25, 0.3) is 0 Å². The van der Waals surface area contributed by atoms with Crippen LogP contribution in [0.4, 0.5) is 5.82 Å². The van der Waals surface area contributed by atoms with Gasteiger partial charge in [0.05, 0.1) is 0 Å². The highest BCUT2D eigenvalue weighted by atomic mass is 35.5. The van der Waals surface area contributed by atoms with Gasteiger partial charge in [0.15, 0.2) is 5.82 Å². The van der Waals surface area contributed by atoms with Crippen LogP contribution in [-0.4, -0.2) is 20.6 Å². The van der Waals surface area contributed by atoms with Crippen LogP contribution in [0.1, 0.15) is 52.1 Å². The molecule has 1 aliphatic carbocycles. The fourth-order valence-electron chi connectivity index (χ4n) is 2.91. The van der Waals surface area contributed by atoms with Crippen molar-refractivity contribution >= 4 is 22.9 Å². The Hall–Kier alpha value is -1.29. The van der Waals surface area contributed by atoms with Crippen molar-refractivity contribution in [3.8, 4) is 0 Å². The molecule has 4 nitrogen and oxygen atoms in total. The van der Waals surface area contributed by atoms with Crippen LogP contribution in [0.15, 0.2) is 12.1 Å². The monoisotopic (exact) mass is 292 g/mol. The lowest BCUT2D eigenvalue weighted by atomic mass is 9.93. The maximum absolute atomic E-state index is 6.11. The highest BCUT2D eigenvalue weighted by Gasteiger charge is 2.22. The summed E-state index contributed by atoms with van der Waals surface area (Å²) < 4.78 is 1.92. The molecule has 0 bridgehead atoms. The molecule has 2 aromatic heterocycles. The zero-order chi connectivity index (χ0) is 14.3. The number of aromatic nitrogens is 3. The number of anilines is 1. The van der Waals surface area contributed by atoms with Crippen molar-refractivity contribution < 1.29 is 0 Å². The van der Waals surface area contributed by atoms with Crippen LogP contribution in [0, 0.1) is 0 Å². The predicted molar refractivity (Wildman–Crippen MR) is 82.6 cm³/mol. The van der Waals surface area contributed by atoms with Gasteiger partial charge in [-0.2, -0.15) is 4.98 Å². The molecular weight excluding hydrogens is 272 g/mol. The second-order valence-corrected chi connectivity index (χ2v) is 6.96. The van der Waals surface area contributed by atoms with Crippen LogP contribution < -0.4 is 5.32 Å². The van der Waals surface area contributed by atoms with E-state index in [1.165, 1.54) is 25.7 Å². The number of rotatable bonds is 2. The molecule has 0 radical (unpaired) electrons. The topological polar surface area (TPSA) is 42.2 Å². The highest BCUT2D eigenvalue weighted by molar-refractivity contribution is 6.28. The van der Waals surface area contributed by atoms with E-state index < -0.39 is 0 Å². The van der Waals surface area contributed by atoms with E-state index in [9.17, 15) is 0 Å². The Labute approximate surface area is 124 Å². The van der Waals surface area contributed by atoms with E-state index in [0.29, 0.717) is 11.3 Å². The Morgan fingerprint density at radius 1 is 1.25 bits per heavy atom. The van der Waals surface area contributed by atoms with Crippen molar-refractivity contribution in [2.24, 2.45) is 0 Å². The quantitative estimate of drug-likeness (QED) is 0.908. The molecule has 2 aromatic rings. The first-order chi connectivity index (χ1) is 9.45. The summed E-state index contributed by atoms with van der Waals surface area (Å²) in [6, 6.07) is 4.70. The summed E-state index contributed by atoms with van der Waals surface area (Å²) in [5.74, 6) is 0.854. The number of halogens is 1. The maximum atomic E-state index is 6.11. The Kier molecular flexibility index (Phi) is 3.36. The molecule has 0 saturated heterocycles. The van der Waals surface area contributed by atoms with Gasteiger partial charge in [-0.25, -0.2) is 4.52 Å². The molecule has 0 amide bonds. The fraction of sp³-hybridized carbons (Fsp3) is 0.600. The lowest BCUT2D eigenvalue weighted by molar-refractivity contribution is 0.550. The van der Waals surface area contributed by atoms with E-state index in [2.05, 4.69) is 48.3 Å². The SMILES string of the molecule is CC(C)(C)c1ccc2c(NC3CCCC3)nc(Cl)nn12. The molecule has 5 heteroatoms. The molecule has 1 N–H and O–H groups in total. The summed E-state index contributed by atoms with van der Waals surface area (Å²) in [5.41, 5.74) is 2.17. The summed E-state index contributed by atoms with van der Waals surface area (Å²) in [6.07, 6.45) is 5.00. The third kappa shape index (κ3) is 2.49. The van der Waals surface area contributed by atoms with Crippen molar-refractivity contribution in [2.45, 2.75) is 57.9 Å². The number of hydrogen-bond donors (Lipinski definition) is 1. The third-order valence-electron chi connectivity index (χ3n) is 3.95. The van der Waals surface area contributed by atoms with Gasteiger partial charge in [0.1, 0.15) is 5.52 Å². The van der Waals surface area contributed by atoms with E-state index in [1.54, 1.807) is 0 Å². The molecule has 1 aliphatic rings. The first kappa shape index (κ1) is 13.7. The van der Waals surface area contributed by atoms with Gasteiger partial charge in [-0.05, 0) is 36.6 Å². The Balaban J connectivity index is 2.06. The normalized spacial score (nSPS) is 17.0. The minimum absolute atomic E-state index is 0.0225. The smallest absolute Gasteiger partial charge is 0.243 e. The fourth-order valence-corrected chi connectivity index (χ4v) is 3.07. The van der Waals surface area contributed by atoms with E-state index in [-0.39, 0.29) is 5.41 Å². The van der Waals surface area contributed by atoms with Gasteiger partial charge >= 0.3 is 0 Å². The molecule has 0 aliphatic heterocycles. The van der Waals surface area contributed by atoms with E-state index >= 15 is 0 Å². The van der Waals surface area contributed by atoms with Gasteiger partial charge in [-0.1, -0.05) is 33.6 Å². The third-order valence-corrected chi connectivity index (χ3v) is 4.11. The van der Waals surface area contributed by atoms with Crippen molar-refractivity contribution in [1.29, 1.82) is 0 Å². The van der Waals surface area contributed by atoms with Crippen LogP contribution in [0.3, 0.4) is 0 Å². The van der Waals surface area contributed by atoms with Gasteiger partial charge in [0.2, 0.25) is 5.28 Å². The first-order valence-corrected chi connectivity index (χ1v) is 7.65. The van der Waals surface area contributed by atoms with Gasteiger partial charge in [-0.3, -0.25) is 0 Å².